The van der Waals surface area contributed by atoms with Crippen LogP contribution in [0.2, 0.25) is 0 Å². The van der Waals surface area contributed by atoms with Gasteiger partial charge >= 0.3 is 0 Å². The summed E-state index contributed by atoms with van der Waals surface area (Å²) < 4.78 is 0. The molecule has 0 radical (unpaired) electrons. The van der Waals surface area contributed by atoms with Gasteiger partial charge in [0, 0.05) is 29.6 Å². The lowest BCUT2D eigenvalue weighted by atomic mass is 10.1. The van der Waals surface area contributed by atoms with Crippen molar-refractivity contribution in [2.24, 2.45) is 0 Å². The maximum absolute atomic E-state index is 11.5. The van der Waals surface area contributed by atoms with Crippen LogP contribution < -0.4 is 4.90 Å². The van der Waals surface area contributed by atoms with Gasteiger partial charge in [0.05, 0.1) is 10.7 Å². The molecule has 3 nitrogen and oxygen atoms in total. The van der Waals surface area contributed by atoms with Crippen molar-refractivity contribution in [3.63, 3.8) is 0 Å². The fourth-order valence-corrected chi connectivity index (χ4v) is 3.51. The molecule has 0 spiro atoms. The molecule has 2 heterocycles. The fraction of sp³-hybridized carbons (Fsp3) is 0.333. The Morgan fingerprint density at radius 3 is 2.79 bits per heavy atom. The molecular formula is C15H16N2OS. The van der Waals surface area contributed by atoms with E-state index < -0.39 is 0 Å². The third-order valence-electron chi connectivity index (χ3n) is 3.53. The summed E-state index contributed by atoms with van der Waals surface area (Å²) in [5, 5.41) is 1.10. The molecule has 0 unspecified atom stereocenters. The standard InChI is InChI=1S/C15H16N2OS/c1-9-15(16-10(2)19-9)13-4-5-14-12(8-13)6-7-17(14)11(3)18/h4-5,8H,6-7H2,1-3H3. The summed E-state index contributed by atoms with van der Waals surface area (Å²) >= 11 is 1.73. The number of hydrogen-bond acceptors (Lipinski definition) is 3. The number of rotatable bonds is 1. The summed E-state index contributed by atoms with van der Waals surface area (Å²) in [6.45, 7) is 6.56. The summed E-state index contributed by atoms with van der Waals surface area (Å²) in [4.78, 5) is 19.2. The maximum atomic E-state index is 11.5. The highest BCUT2D eigenvalue weighted by atomic mass is 32.1. The number of nitrogens with zero attached hydrogens (tertiary/aromatic N) is 2. The average molecular weight is 272 g/mol. The van der Waals surface area contributed by atoms with Crippen molar-refractivity contribution in [2.75, 3.05) is 11.4 Å². The zero-order valence-electron chi connectivity index (χ0n) is 11.4. The van der Waals surface area contributed by atoms with Gasteiger partial charge in [0.1, 0.15) is 0 Å². The van der Waals surface area contributed by atoms with E-state index in [1.165, 1.54) is 10.4 Å². The molecule has 2 aromatic rings. The molecule has 0 atom stereocenters. The Morgan fingerprint density at radius 1 is 1.37 bits per heavy atom. The number of amides is 1. The summed E-state index contributed by atoms with van der Waals surface area (Å²) in [6.07, 6.45) is 0.935. The molecule has 1 amide bonds. The van der Waals surface area contributed by atoms with E-state index >= 15 is 0 Å². The van der Waals surface area contributed by atoms with Crippen LogP contribution in [0, 0.1) is 13.8 Å². The average Bonchev–Trinajstić information content (AvgIpc) is 2.91. The number of aryl methyl sites for hydroxylation is 2. The number of benzene rings is 1. The van der Waals surface area contributed by atoms with Gasteiger partial charge in [-0.25, -0.2) is 4.98 Å². The third kappa shape index (κ3) is 2.06. The predicted octanol–water partition coefficient (Wildman–Crippen LogP) is 3.34. The van der Waals surface area contributed by atoms with E-state index in [1.807, 2.05) is 17.9 Å². The van der Waals surface area contributed by atoms with Gasteiger partial charge in [-0.2, -0.15) is 0 Å². The summed E-state index contributed by atoms with van der Waals surface area (Å²) in [7, 11) is 0. The molecule has 19 heavy (non-hydrogen) atoms. The van der Waals surface area contributed by atoms with Crippen LogP contribution in [0.5, 0.6) is 0 Å². The number of anilines is 1. The van der Waals surface area contributed by atoms with E-state index in [-0.39, 0.29) is 5.91 Å². The monoisotopic (exact) mass is 272 g/mol. The van der Waals surface area contributed by atoms with E-state index in [1.54, 1.807) is 18.3 Å². The van der Waals surface area contributed by atoms with Crippen molar-refractivity contribution in [1.82, 2.24) is 4.98 Å². The van der Waals surface area contributed by atoms with Crippen molar-refractivity contribution >= 4 is 22.9 Å². The van der Waals surface area contributed by atoms with Gasteiger partial charge in [-0.05, 0) is 38.0 Å². The second-order valence-electron chi connectivity index (χ2n) is 4.90. The highest BCUT2D eigenvalue weighted by molar-refractivity contribution is 7.11. The first kappa shape index (κ1) is 12.4. The number of hydrogen-bond donors (Lipinski definition) is 0. The van der Waals surface area contributed by atoms with Crippen molar-refractivity contribution in [3.05, 3.63) is 33.6 Å². The van der Waals surface area contributed by atoms with Crippen LogP contribution in [-0.4, -0.2) is 17.4 Å². The molecule has 1 aromatic carbocycles. The normalized spacial score (nSPS) is 13.7. The van der Waals surface area contributed by atoms with E-state index in [9.17, 15) is 4.79 Å². The molecule has 0 aliphatic carbocycles. The largest absolute Gasteiger partial charge is 0.312 e. The first-order chi connectivity index (χ1) is 9.06. The van der Waals surface area contributed by atoms with Crippen LogP contribution in [0.4, 0.5) is 5.69 Å². The molecule has 0 fully saturated rings. The molecule has 0 saturated heterocycles. The van der Waals surface area contributed by atoms with Gasteiger partial charge in [-0.15, -0.1) is 11.3 Å². The molecule has 1 aliphatic rings. The van der Waals surface area contributed by atoms with Gasteiger partial charge in [-0.3, -0.25) is 4.79 Å². The fourth-order valence-electron chi connectivity index (χ4n) is 2.67. The number of aromatic nitrogens is 1. The molecular weight excluding hydrogens is 256 g/mol. The number of carbonyl (C=O) groups excluding carboxylic acids is 1. The van der Waals surface area contributed by atoms with Crippen LogP contribution in [0.15, 0.2) is 18.2 Å². The zero-order valence-corrected chi connectivity index (χ0v) is 12.2. The Hall–Kier alpha value is -1.68. The minimum absolute atomic E-state index is 0.118. The molecule has 0 saturated carbocycles. The van der Waals surface area contributed by atoms with Crippen molar-refractivity contribution in [3.8, 4) is 11.3 Å². The van der Waals surface area contributed by atoms with E-state index in [2.05, 4.69) is 24.0 Å². The van der Waals surface area contributed by atoms with E-state index in [0.29, 0.717) is 0 Å². The Kier molecular flexibility index (Phi) is 2.90. The predicted molar refractivity (Wildman–Crippen MR) is 78.8 cm³/mol. The van der Waals surface area contributed by atoms with Crippen LogP contribution in [0.25, 0.3) is 11.3 Å². The Bertz CT molecular complexity index is 660. The minimum Gasteiger partial charge on any atom is -0.312 e. The van der Waals surface area contributed by atoms with Crippen molar-refractivity contribution in [2.45, 2.75) is 27.2 Å². The molecule has 3 rings (SSSR count). The first-order valence-electron chi connectivity index (χ1n) is 6.41. The molecule has 1 aliphatic heterocycles. The summed E-state index contributed by atoms with van der Waals surface area (Å²) in [6, 6.07) is 6.30. The van der Waals surface area contributed by atoms with Gasteiger partial charge in [0.2, 0.25) is 5.91 Å². The van der Waals surface area contributed by atoms with Gasteiger partial charge in [-0.1, -0.05) is 6.07 Å². The topological polar surface area (TPSA) is 33.2 Å². The lowest BCUT2D eigenvalue weighted by molar-refractivity contribution is -0.116. The van der Waals surface area contributed by atoms with Crippen molar-refractivity contribution < 1.29 is 4.79 Å². The molecule has 0 N–H and O–H groups in total. The molecule has 4 heteroatoms. The van der Waals surface area contributed by atoms with E-state index in [4.69, 9.17) is 0 Å². The van der Waals surface area contributed by atoms with Crippen LogP contribution >= 0.6 is 11.3 Å². The quantitative estimate of drug-likeness (QED) is 0.797. The molecule has 0 bridgehead atoms. The first-order valence-corrected chi connectivity index (χ1v) is 7.23. The summed E-state index contributed by atoms with van der Waals surface area (Å²) in [5.74, 6) is 0.118. The number of carbonyl (C=O) groups is 1. The van der Waals surface area contributed by atoms with Gasteiger partial charge in [0.15, 0.2) is 0 Å². The second-order valence-corrected chi connectivity index (χ2v) is 6.31. The van der Waals surface area contributed by atoms with Gasteiger partial charge < -0.3 is 4.90 Å². The SMILES string of the molecule is CC(=O)N1CCc2cc(-c3nc(C)sc3C)ccc21. The second kappa shape index (κ2) is 4.46. The van der Waals surface area contributed by atoms with Gasteiger partial charge in [0.25, 0.3) is 0 Å². The number of thiazole rings is 1. The lowest BCUT2D eigenvalue weighted by Gasteiger charge is -2.14. The minimum atomic E-state index is 0.118. The Balaban J connectivity index is 2.04. The van der Waals surface area contributed by atoms with Crippen LogP contribution in [0.3, 0.4) is 0 Å². The smallest absolute Gasteiger partial charge is 0.223 e. The van der Waals surface area contributed by atoms with Crippen LogP contribution in [-0.2, 0) is 11.2 Å². The number of fused-ring (bicyclic) bond motifs is 1. The highest BCUT2D eigenvalue weighted by Crippen LogP contribution is 2.34. The Morgan fingerprint density at radius 2 is 2.16 bits per heavy atom. The third-order valence-corrected chi connectivity index (χ3v) is 4.42. The highest BCUT2D eigenvalue weighted by Gasteiger charge is 2.22. The Labute approximate surface area is 116 Å². The maximum Gasteiger partial charge on any atom is 0.223 e. The zero-order chi connectivity index (χ0) is 13.6. The van der Waals surface area contributed by atoms with Crippen LogP contribution in [0.1, 0.15) is 22.4 Å². The van der Waals surface area contributed by atoms with Crippen molar-refractivity contribution in [1.29, 1.82) is 0 Å². The lowest BCUT2D eigenvalue weighted by Crippen LogP contribution is -2.25. The molecule has 98 valence electrons. The summed E-state index contributed by atoms with van der Waals surface area (Å²) in [5.41, 5.74) is 4.54. The van der Waals surface area contributed by atoms with E-state index in [0.717, 1.165) is 34.9 Å². The molecule has 1 aromatic heterocycles.